The molecule has 0 amide bonds. The van der Waals surface area contributed by atoms with Gasteiger partial charge in [0.1, 0.15) is 5.82 Å². The molecule has 1 aromatic rings. The van der Waals surface area contributed by atoms with Crippen LogP contribution in [0.3, 0.4) is 0 Å². The van der Waals surface area contributed by atoms with Crippen molar-refractivity contribution >= 4 is 11.9 Å². The third kappa shape index (κ3) is 2.45. The number of hydrogen-bond acceptors (Lipinski definition) is 3. The third-order valence-corrected chi connectivity index (χ3v) is 2.62. The molecule has 1 aliphatic heterocycles. The second kappa shape index (κ2) is 4.43. The second-order valence-corrected chi connectivity index (χ2v) is 3.86. The minimum Gasteiger partial charge on any atom is -0.393 e. The van der Waals surface area contributed by atoms with Gasteiger partial charge in [-0.2, -0.15) is 0 Å². The Morgan fingerprint density at radius 2 is 2.19 bits per heavy atom. The van der Waals surface area contributed by atoms with Gasteiger partial charge in [-0.1, -0.05) is 12.1 Å². The van der Waals surface area contributed by atoms with Crippen LogP contribution in [0.5, 0.6) is 0 Å². The lowest BCUT2D eigenvalue weighted by atomic mass is 9.93. The van der Waals surface area contributed by atoms with Crippen molar-refractivity contribution in [3.8, 4) is 0 Å². The lowest BCUT2D eigenvalue weighted by Gasteiger charge is -2.19. The monoisotopic (exact) mass is 222 g/mol. The van der Waals surface area contributed by atoms with Gasteiger partial charge in [-0.3, -0.25) is 9.59 Å². The van der Waals surface area contributed by atoms with E-state index in [2.05, 4.69) is 4.74 Å². The maximum absolute atomic E-state index is 12.9. The molecule has 1 aromatic carbocycles. The van der Waals surface area contributed by atoms with E-state index in [1.807, 2.05) is 0 Å². The molecular weight excluding hydrogens is 211 g/mol. The first-order valence-corrected chi connectivity index (χ1v) is 5.14. The molecule has 0 radical (unpaired) electrons. The molecule has 0 N–H and O–H groups in total. The van der Waals surface area contributed by atoms with E-state index >= 15 is 0 Å². The molecule has 1 atom stereocenters. The first-order chi connectivity index (χ1) is 7.65. The highest BCUT2D eigenvalue weighted by atomic mass is 19.1. The molecule has 0 saturated carbocycles. The standard InChI is InChI=1S/C12H11FO3/c13-10-3-1-2-8(7-10)6-9-4-5-11(14)16-12(9)15/h1-3,7,9H,4-6H2. The highest BCUT2D eigenvalue weighted by molar-refractivity contribution is 5.89. The Kier molecular flexibility index (Phi) is 2.99. The van der Waals surface area contributed by atoms with E-state index in [-0.39, 0.29) is 18.2 Å². The van der Waals surface area contributed by atoms with E-state index in [9.17, 15) is 14.0 Å². The molecule has 0 spiro atoms. The van der Waals surface area contributed by atoms with E-state index in [0.717, 1.165) is 5.56 Å². The van der Waals surface area contributed by atoms with E-state index < -0.39 is 11.9 Å². The summed E-state index contributed by atoms with van der Waals surface area (Å²) in [6.07, 6.45) is 1.16. The average Bonchev–Trinajstić information content (AvgIpc) is 2.22. The smallest absolute Gasteiger partial charge is 0.316 e. The average molecular weight is 222 g/mol. The van der Waals surface area contributed by atoms with Gasteiger partial charge in [-0.05, 0) is 30.5 Å². The summed E-state index contributed by atoms with van der Waals surface area (Å²) in [4.78, 5) is 22.2. The summed E-state index contributed by atoms with van der Waals surface area (Å²) in [7, 11) is 0. The molecule has 2 rings (SSSR count). The topological polar surface area (TPSA) is 43.4 Å². The SMILES string of the molecule is O=C1CCC(Cc2cccc(F)c2)C(=O)O1. The van der Waals surface area contributed by atoms with Crippen molar-refractivity contribution in [1.29, 1.82) is 0 Å². The van der Waals surface area contributed by atoms with Crippen LogP contribution in [-0.4, -0.2) is 11.9 Å². The number of carbonyl (C=O) groups excluding carboxylic acids is 2. The molecule has 16 heavy (non-hydrogen) atoms. The molecule has 1 unspecified atom stereocenters. The predicted octanol–water partition coefficient (Wildman–Crippen LogP) is 1.85. The Hall–Kier alpha value is -1.71. The first kappa shape index (κ1) is 10.8. The lowest BCUT2D eigenvalue weighted by Crippen LogP contribution is -2.29. The van der Waals surface area contributed by atoms with Crippen LogP contribution in [0.1, 0.15) is 18.4 Å². The van der Waals surface area contributed by atoms with Crippen LogP contribution in [0.2, 0.25) is 0 Å². The summed E-state index contributed by atoms with van der Waals surface area (Å²) in [6, 6.07) is 6.10. The number of hydrogen-bond donors (Lipinski definition) is 0. The Morgan fingerprint density at radius 3 is 2.88 bits per heavy atom. The van der Waals surface area contributed by atoms with Crippen molar-refractivity contribution < 1.29 is 18.7 Å². The fourth-order valence-corrected chi connectivity index (χ4v) is 1.79. The van der Waals surface area contributed by atoms with E-state index in [4.69, 9.17) is 0 Å². The Balaban J connectivity index is 2.05. The normalized spacial score (nSPS) is 20.7. The Bertz CT molecular complexity index is 428. The molecule has 0 bridgehead atoms. The van der Waals surface area contributed by atoms with Gasteiger partial charge in [0.25, 0.3) is 0 Å². The molecular formula is C12H11FO3. The zero-order valence-electron chi connectivity index (χ0n) is 8.61. The van der Waals surface area contributed by atoms with Gasteiger partial charge >= 0.3 is 11.9 Å². The fraction of sp³-hybridized carbons (Fsp3) is 0.333. The van der Waals surface area contributed by atoms with Crippen molar-refractivity contribution in [2.75, 3.05) is 0 Å². The lowest BCUT2D eigenvalue weighted by molar-refractivity contribution is -0.167. The number of cyclic esters (lactones) is 2. The first-order valence-electron chi connectivity index (χ1n) is 5.14. The van der Waals surface area contributed by atoms with E-state index in [1.165, 1.54) is 12.1 Å². The molecule has 0 aromatic heterocycles. The van der Waals surface area contributed by atoms with Crippen LogP contribution in [0.4, 0.5) is 4.39 Å². The van der Waals surface area contributed by atoms with Crippen LogP contribution in [-0.2, 0) is 20.7 Å². The van der Waals surface area contributed by atoms with Crippen LogP contribution in [0.15, 0.2) is 24.3 Å². The molecule has 0 aliphatic carbocycles. The second-order valence-electron chi connectivity index (χ2n) is 3.86. The summed E-state index contributed by atoms with van der Waals surface area (Å²) in [5.74, 6) is -1.63. The van der Waals surface area contributed by atoms with Gasteiger partial charge in [0.15, 0.2) is 0 Å². The summed E-state index contributed by atoms with van der Waals surface area (Å²) in [6.45, 7) is 0. The molecule has 4 heteroatoms. The van der Waals surface area contributed by atoms with Crippen molar-refractivity contribution in [3.63, 3.8) is 0 Å². The number of carbonyl (C=O) groups is 2. The highest BCUT2D eigenvalue weighted by Crippen LogP contribution is 2.21. The van der Waals surface area contributed by atoms with Gasteiger partial charge in [0.2, 0.25) is 0 Å². The van der Waals surface area contributed by atoms with Crippen molar-refractivity contribution in [2.45, 2.75) is 19.3 Å². The third-order valence-electron chi connectivity index (χ3n) is 2.62. The molecule has 1 saturated heterocycles. The molecule has 1 heterocycles. The fourth-order valence-electron chi connectivity index (χ4n) is 1.79. The minimum atomic E-state index is -0.500. The van der Waals surface area contributed by atoms with Crippen molar-refractivity contribution in [2.24, 2.45) is 5.92 Å². The number of benzene rings is 1. The highest BCUT2D eigenvalue weighted by Gasteiger charge is 2.28. The zero-order valence-corrected chi connectivity index (χ0v) is 8.61. The molecule has 1 aliphatic rings. The summed E-state index contributed by atoms with van der Waals surface area (Å²) in [5, 5.41) is 0. The maximum Gasteiger partial charge on any atom is 0.316 e. The summed E-state index contributed by atoms with van der Waals surface area (Å²) in [5.41, 5.74) is 0.747. The largest absolute Gasteiger partial charge is 0.393 e. The van der Waals surface area contributed by atoms with E-state index in [1.54, 1.807) is 12.1 Å². The predicted molar refractivity (Wildman–Crippen MR) is 53.9 cm³/mol. The van der Waals surface area contributed by atoms with E-state index in [0.29, 0.717) is 12.8 Å². The van der Waals surface area contributed by atoms with Gasteiger partial charge < -0.3 is 4.74 Å². The maximum atomic E-state index is 12.9. The Morgan fingerprint density at radius 1 is 1.38 bits per heavy atom. The number of halogens is 1. The van der Waals surface area contributed by atoms with Crippen LogP contribution >= 0.6 is 0 Å². The Labute approximate surface area is 92.2 Å². The van der Waals surface area contributed by atoms with Gasteiger partial charge in [-0.15, -0.1) is 0 Å². The number of ether oxygens (including phenoxy) is 1. The number of esters is 2. The zero-order chi connectivity index (χ0) is 11.5. The molecule has 3 nitrogen and oxygen atoms in total. The van der Waals surface area contributed by atoms with Gasteiger partial charge in [0, 0.05) is 6.42 Å². The summed E-state index contributed by atoms with van der Waals surface area (Å²) >= 11 is 0. The van der Waals surface area contributed by atoms with Gasteiger partial charge in [0.05, 0.1) is 5.92 Å². The number of rotatable bonds is 2. The summed E-state index contributed by atoms with van der Waals surface area (Å²) < 4.78 is 17.4. The van der Waals surface area contributed by atoms with Crippen LogP contribution < -0.4 is 0 Å². The van der Waals surface area contributed by atoms with Crippen molar-refractivity contribution in [3.05, 3.63) is 35.6 Å². The minimum absolute atomic E-state index is 0.256. The van der Waals surface area contributed by atoms with Crippen LogP contribution in [0, 0.1) is 11.7 Å². The molecule has 1 fully saturated rings. The van der Waals surface area contributed by atoms with Crippen molar-refractivity contribution in [1.82, 2.24) is 0 Å². The van der Waals surface area contributed by atoms with Gasteiger partial charge in [-0.25, -0.2) is 4.39 Å². The van der Waals surface area contributed by atoms with Crippen LogP contribution in [0.25, 0.3) is 0 Å². The molecule has 84 valence electrons. The quantitative estimate of drug-likeness (QED) is 0.566.